The van der Waals surface area contributed by atoms with Crippen LogP contribution >= 0.6 is 0 Å². The molecule has 2 aromatic rings. The number of fused-ring (bicyclic) bond motifs is 1. The van der Waals surface area contributed by atoms with E-state index in [0.29, 0.717) is 5.54 Å². The predicted octanol–water partition coefficient (Wildman–Crippen LogP) is 4.26. The third-order valence-electron chi connectivity index (χ3n) is 4.76. The number of unbranched alkanes of at least 4 members (excludes halogenated alkanes) is 2. The molecule has 0 saturated carbocycles. The molecule has 0 amide bonds. The molecular formula is C18H30N2O3Si. The second-order valence-electron chi connectivity index (χ2n) is 6.12. The molecule has 5 nitrogen and oxygen atoms in total. The second-order valence-corrected chi connectivity index (χ2v) is 9.37. The van der Waals surface area contributed by atoms with Gasteiger partial charge in [0.25, 0.3) is 0 Å². The van der Waals surface area contributed by atoms with Crippen LogP contribution in [0.5, 0.6) is 0 Å². The average Bonchev–Trinajstić information content (AvgIpc) is 3.04. The monoisotopic (exact) mass is 350 g/mol. The number of imidazole rings is 1. The first-order valence-corrected chi connectivity index (χ1v) is 10.6. The molecule has 134 valence electrons. The molecular weight excluding hydrogens is 320 g/mol. The zero-order chi connectivity index (χ0) is 17.4. The van der Waals surface area contributed by atoms with Crippen molar-refractivity contribution in [3.05, 3.63) is 30.6 Å². The van der Waals surface area contributed by atoms with E-state index in [-0.39, 0.29) is 0 Å². The van der Waals surface area contributed by atoms with Gasteiger partial charge in [0.2, 0.25) is 0 Å². The number of nitrogens with zero attached hydrogens (tertiary/aromatic N) is 2. The van der Waals surface area contributed by atoms with Crippen LogP contribution in [0.25, 0.3) is 11.0 Å². The van der Waals surface area contributed by atoms with Crippen molar-refractivity contribution in [3.63, 3.8) is 0 Å². The third-order valence-corrected chi connectivity index (χ3v) is 8.04. The Kier molecular flexibility index (Phi) is 7.42. The fraction of sp³-hybridized carbons (Fsp3) is 0.611. The minimum absolute atomic E-state index is 0.296. The lowest BCUT2D eigenvalue weighted by Gasteiger charge is -2.32. The molecule has 0 saturated heterocycles. The molecule has 1 aromatic heterocycles. The van der Waals surface area contributed by atoms with Gasteiger partial charge < -0.3 is 17.8 Å². The summed E-state index contributed by atoms with van der Waals surface area (Å²) in [6.45, 7) is 3.11. The van der Waals surface area contributed by atoms with Crippen molar-refractivity contribution in [1.29, 1.82) is 0 Å². The van der Waals surface area contributed by atoms with Gasteiger partial charge in [-0.3, -0.25) is 0 Å². The van der Waals surface area contributed by atoms with Crippen molar-refractivity contribution in [2.75, 3.05) is 21.3 Å². The molecule has 1 atom stereocenters. The summed E-state index contributed by atoms with van der Waals surface area (Å²) in [5, 5.41) is 0. The van der Waals surface area contributed by atoms with E-state index >= 15 is 0 Å². The van der Waals surface area contributed by atoms with E-state index in [2.05, 4.69) is 28.6 Å². The fourth-order valence-corrected chi connectivity index (χ4v) is 5.91. The van der Waals surface area contributed by atoms with Crippen LogP contribution in [0.2, 0.25) is 5.54 Å². The molecule has 0 spiro atoms. The predicted molar refractivity (Wildman–Crippen MR) is 99.0 cm³/mol. The van der Waals surface area contributed by atoms with Gasteiger partial charge in [-0.05, 0) is 25.0 Å². The maximum Gasteiger partial charge on any atom is 0.503 e. The SMILES string of the molecule is CCCCCC(CCn1cnc2ccccc21)[Si](OC)(OC)OC. The standard InChI is InChI=1S/C18H30N2O3Si/c1-5-6-7-10-16(24(21-2,22-3)23-4)13-14-20-15-19-17-11-8-9-12-18(17)20/h8-9,11-12,15-16H,5-7,10,13-14H2,1-4H3. The smallest absolute Gasteiger partial charge is 0.377 e. The Labute approximate surface area is 146 Å². The summed E-state index contributed by atoms with van der Waals surface area (Å²) < 4.78 is 19.5. The van der Waals surface area contributed by atoms with E-state index in [1.165, 1.54) is 24.8 Å². The van der Waals surface area contributed by atoms with Crippen LogP contribution in [-0.4, -0.2) is 39.7 Å². The Bertz CT molecular complexity index is 605. The maximum absolute atomic E-state index is 5.76. The van der Waals surface area contributed by atoms with Gasteiger partial charge in [-0.2, -0.15) is 0 Å². The van der Waals surface area contributed by atoms with Gasteiger partial charge in [0.1, 0.15) is 0 Å². The minimum atomic E-state index is -2.63. The first-order valence-electron chi connectivity index (χ1n) is 8.76. The van der Waals surface area contributed by atoms with E-state index in [1.54, 1.807) is 21.3 Å². The van der Waals surface area contributed by atoms with E-state index in [1.807, 2.05) is 18.5 Å². The van der Waals surface area contributed by atoms with Gasteiger partial charge >= 0.3 is 8.80 Å². The van der Waals surface area contributed by atoms with Crippen molar-refractivity contribution < 1.29 is 13.3 Å². The van der Waals surface area contributed by atoms with Crippen molar-refractivity contribution in [1.82, 2.24) is 9.55 Å². The highest BCUT2D eigenvalue weighted by Gasteiger charge is 2.46. The van der Waals surface area contributed by atoms with Crippen LogP contribution in [0.4, 0.5) is 0 Å². The average molecular weight is 351 g/mol. The number of para-hydroxylation sites is 2. The molecule has 6 heteroatoms. The van der Waals surface area contributed by atoms with E-state index < -0.39 is 8.80 Å². The number of rotatable bonds is 11. The minimum Gasteiger partial charge on any atom is -0.377 e. The Balaban J connectivity index is 2.12. The molecule has 0 bridgehead atoms. The third kappa shape index (κ3) is 4.24. The molecule has 0 fully saturated rings. The van der Waals surface area contributed by atoms with Gasteiger partial charge in [0, 0.05) is 33.4 Å². The van der Waals surface area contributed by atoms with Crippen LogP contribution in [0, 0.1) is 0 Å². The lowest BCUT2D eigenvalue weighted by Crippen LogP contribution is -2.48. The summed E-state index contributed by atoms with van der Waals surface area (Å²) in [5.74, 6) is 0. The summed E-state index contributed by atoms with van der Waals surface area (Å²) in [6, 6.07) is 8.23. The molecule has 1 aromatic carbocycles. The lowest BCUT2D eigenvalue weighted by atomic mass is 10.1. The second kappa shape index (κ2) is 9.32. The first-order chi connectivity index (χ1) is 11.7. The zero-order valence-electron chi connectivity index (χ0n) is 15.3. The number of hydrogen-bond donors (Lipinski definition) is 0. The molecule has 1 heterocycles. The largest absolute Gasteiger partial charge is 0.503 e. The highest BCUT2D eigenvalue weighted by Crippen LogP contribution is 2.33. The Morgan fingerprint density at radius 3 is 2.42 bits per heavy atom. The van der Waals surface area contributed by atoms with Gasteiger partial charge in [0.15, 0.2) is 0 Å². The quantitative estimate of drug-likeness (QED) is 0.449. The summed E-state index contributed by atoms with van der Waals surface area (Å²) >= 11 is 0. The number of aryl methyl sites for hydroxylation is 1. The van der Waals surface area contributed by atoms with E-state index in [4.69, 9.17) is 13.3 Å². The van der Waals surface area contributed by atoms with E-state index in [9.17, 15) is 0 Å². The van der Waals surface area contributed by atoms with Crippen LogP contribution in [0.15, 0.2) is 30.6 Å². The lowest BCUT2D eigenvalue weighted by molar-refractivity contribution is 0.107. The molecule has 0 N–H and O–H groups in total. The number of aromatic nitrogens is 2. The summed E-state index contributed by atoms with van der Waals surface area (Å²) in [5.41, 5.74) is 2.50. The molecule has 0 aliphatic heterocycles. The normalized spacial score (nSPS) is 13.5. The molecule has 1 unspecified atom stereocenters. The topological polar surface area (TPSA) is 45.5 Å². The fourth-order valence-electron chi connectivity index (χ4n) is 3.37. The van der Waals surface area contributed by atoms with Gasteiger partial charge in [-0.15, -0.1) is 0 Å². The molecule has 24 heavy (non-hydrogen) atoms. The molecule has 0 aliphatic carbocycles. The highest BCUT2D eigenvalue weighted by atomic mass is 28.4. The van der Waals surface area contributed by atoms with Crippen LogP contribution in [0.3, 0.4) is 0 Å². The first kappa shape index (κ1) is 19.1. The highest BCUT2D eigenvalue weighted by molar-refractivity contribution is 6.62. The number of hydrogen-bond acceptors (Lipinski definition) is 4. The van der Waals surface area contributed by atoms with Crippen LogP contribution in [-0.2, 0) is 19.8 Å². The Morgan fingerprint density at radius 2 is 1.75 bits per heavy atom. The van der Waals surface area contributed by atoms with Gasteiger partial charge in [-0.1, -0.05) is 38.3 Å². The maximum atomic E-state index is 5.76. The van der Waals surface area contributed by atoms with Crippen molar-refractivity contribution >= 4 is 19.8 Å². The Hall–Kier alpha value is -1.21. The Morgan fingerprint density at radius 1 is 1.04 bits per heavy atom. The number of benzene rings is 1. The summed E-state index contributed by atoms with van der Waals surface area (Å²) in [4.78, 5) is 4.48. The van der Waals surface area contributed by atoms with Gasteiger partial charge in [-0.25, -0.2) is 4.98 Å². The van der Waals surface area contributed by atoms with Crippen molar-refractivity contribution in [2.45, 2.75) is 51.1 Å². The molecule has 0 aliphatic rings. The zero-order valence-corrected chi connectivity index (χ0v) is 16.3. The van der Waals surface area contributed by atoms with Crippen LogP contribution < -0.4 is 0 Å². The summed E-state index contributed by atoms with van der Waals surface area (Å²) in [6.07, 6.45) is 7.57. The summed E-state index contributed by atoms with van der Waals surface area (Å²) in [7, 11) is 2.49. The van der Waals surface area contributed by atoms with Crippen LogP contribution in [0.1, 0.15) is 39.0 Å². The van der Waals surface area contributed by atoms with Crippen molar-refractivity contribution in [3.8, 4) is 0 Å². The van der Waals surface area contributed by atoms with Gasteiger partial charge in [0.05, 0.1) is 17.4 Å². The molecule has 0 radical (unpaired) electrons. The molecule has 2 rings (SSSR count). The van der Waals surface area contributed by atoms with Crippen molar-refractivity contribution in [2.24, 2.45) is 0 Å². The van der Waals surface area contributed by atoms with E-state index in [0.717, 1.165) is 24.9 Å².